The number of carbonyl (C=O) groups is 2. The fourth-order valence-electron chi connectivity index (χ4n) is 3.63. The number of piperazine rings is 1. The van der Waals surface area contributed by atoms with Gasteiger partial charge in [-0.05, 0) is 77.9 Å². The fraction of sp³-hybridized carbons (Fsp3) is 0.481. The zero-order valence-corrected chi connectivity index (χ0v) is 22.1. The zero-order chi connectivity index (χ0) is 26.5. The lowest BCUT2D eigenvalue weighted by Gasteiger charge is -2.36. The number of hydrogen-bond donors (Lipinski definition) is 2. The van der Waals surface area contributed by atoms with Gasteiger partial charge in [0.15, 0.2) is 0 Å². The Labute approximate surface area is 213 Å². The van der Waals surface area contributed by atoms with Crippen LogP contribution in [-0.2, 0) is 14.3 Å². The molecule has 1 amide bonds. The molecule has 0 atom stereocenters. The summed E-state index contributed by atoms with van der Waals surface area (Å²) in [4.78, 5) is 28.3. The van der Waals surface area contributed by atoms with Crippen LogP contribution in [0.2, 0.25) is 0 Å². The Hall–Kier alpha value is -3.62. The van der Waals surface area contributed by atoms with Gasteiger partial charge in [-0.25, -0.2) is 4.79 Å². The Kier molecular flexibility index (Phi) is 8.22. The van der Waals surface area contributed by atoms with Crippen LogP contribution < -0.4 is 20.7 Å². The molecule has 1 aliphatic rings. The Morgan fingerprint density at radius 3 is 2.03 bits per heavy atom. The minimum absolute atomic E-state index is 0.000805. The average molecular weight is 499 g/mol. The maximum absolute atomic E-state index is 12.3. The van der Waals surface area contributed by atoms with Crippen LogP contribution in [0.15, 0.2) is 42.5 Å². The van der Waals surface area contributed by atoms with Crippen molar-refractivity contribution in [2.75, 3.05) is 48.7 Å². The molecule has 3 N–H and O–H groups in total. The number of esters is 1. The van der Waals surface area contributed by atoms with E-state index in [1.54, 1.807) is 23.1 Å². The summed E-state index contributed by atoms with van der Waals surface area (Å²) in [5.74, 6) is 0.902. The SMILES string of the molecule is CC(C)(C)OC(=O)CNc1cc(Oc2ccc(N3CCN(C(=O)OC(C)(C)C)CC3)cc2)ccc1N. The van der Waals surface area contributed by atoms with Gasteiger partial charge < -0.3 is 35.1 Å². The van der Waals surface area contributed by atoms with Gasteiger partial charge in [-0.15, -0.1) is 0 Å². The molecule has 1 saturated heterocycles. The van der Waals surface area contributed by atoms with E-state index >= 15 is 0 Å². The summed E-state index contributed by atoms with van der Waals surface area (Å²) in [6, 6.07) is 13.1. The van der Waals surface area contributed by atoms with Crippen molar-refractivity contribution in [2.24, 2.45) is 0 Å². The molecule has 9 nitrogen and oxygen atoms in total. The maximum Gasteiger partial charge on any atom is 0.410 e. The van der Waals surface area contributed by atoms with E-state index in [1.807, 2.05) is 65.8 Å². The van der Waals surface area contributed by atoms with Gasteiger partial charge in [0.1, 0.15) is 29.2 Å². The van der Waals surface area contributed by atoms with E-state index in [0.717, 1.165) is 18.8 Å². The number of carbonyl (C=O) groups excluding carboxylic acids is 2. The lowest BCUT2D eigenvalue weighted by atomic mass is 10.2. The number of hydrogen-bond acceptors (Lipinski definition) is 8. The van der Waals surface area contributed by atoms with Gasteiger partial charge >= 0.3 is 12.1 Å². The molecule has 0 bridgehead atoms. The minimum atomic E-state index is -0.549. The number of benzene rings is 2. The van der Waals surface area contributed by atoms with Crippen LogP contribution in [0.5, 0.6) is 11.5 Å². The second kappa shape index (κ2) is 11.0. The summed E-state index contributed by atoms with van der Waals surface area (Å²) < 4.78 is 16.8. The molecule has 0 aliphatic carbocycles. The van der Waals surface area contributed by atoms with Gasteiger partial charge in [0, 0.05) is 37.9 Å². The van der Waals surface area contributed by atoms with Crippen molar-refractivity contribution < 1.29 is 23.8 Å². The van der Waals surface area contributed by atoms with Crippen molar-refractivity contribution in [2.45, 2.75) is 52.7 Å². The lowest BCUT2D eigenvalue weighted by molar-refractivity contribution is -0.152. The summed E-state index contributed by atoms with van der Waals surface area (Å²) in [6.07, 6.45) is -0.269. The van der Waals surface area contributed by atoms with Crippen LogP contribution in [0, 0.1) is 0 Å². The number of ether oxygens (including phenoxy) is 3. The highest BCUT2D eigenvalue weighted by Gasteiger charge is 2.26. The normalized spacial score (nSPS) is 14.3. The molecule has 0 unspecified atom stereocenters. The highest BCUT2D eigenvalue weighted by Crippen LogP contribution is 2.30. The monoisotopic (exact) mass is 498 g/mol. The molecule has 1 fully saturated rings. The van der Waals surface area contributed by atoms with E-state index in [0.29, 0.717) is 36.0 Å². The first-order chi connectivity index (χ1) is 16.8. The van der Waals surface area contributed by atoms with Gasteiger partial charge in [-0.3, -0.25) is 4.79 Å². The van der Waals surface area contributed by atoms with Crippen molar-refractivity contribution in [3.63, 3.8) is 0 Å². The topological polar surface area (TPSA) is 106 Å². The molecule has 2 aromatic rings. The predicted molar refractivity (Wildman–Crippen MR) is 142 cm³/mol. The first-order valence-corrected chi connectivity index (χ1v) is 12.2. The highest BCUT2D eigenvalue weighted by atomic mass is 16.6. The molecule has 9 heteroatoms. The first-order valence-electron chi connectivity index (χ1n) is 12.2. The number of nitrogens with zero attached hydrogens (tertiary/aromatic N) is 2. The smallest absolute Gasteiger partial charge is 0.410 e. The number of nitrogens with one attached hydrogen (secondary N) is 1. The summed E-state index contributed by atoms with van der Waals surface area (Å²) in [5, 5.41) is 3.01. The van der Waals surface area contributed by atoms with Crippen LogP contribution in [0.3, 0.4) is 0 Å². The molecule has 2 aromatic carbocycles. The number of rotatable bonds is 6. The summed E-state index contributed by atoms with van der Waals surface area (Å²) in [5.41, 5.74) is 7.16. The summed E-state index contributed by atoms with van der Waals surface area (Å²) in [7, 11) is 0. The maximum atomic E-state index is 12.3. The molecular weight excluding hydrogens is 460 g/mol. The molecule has 0 aromatic heterocycles. The standard InChI is InChI=1S/C27H38N4O5/c1-26(2,3)35-24(32)18-29-23-17-21(11-12-22(23)28)34-20-9-7-19(8-10-20)30-13-15-31(16-14-30)25(33)36-27(4,5)6/h7-12,17,29H,13-16,18,28H2,1-6H3. The third kappa shape index (κ3) is 8.25. The molecule has 36 heavy (non-hydrogen) atoms. The molecule has 0 spiro atoms. The second-order valence-corrected chi connectivity index (χ2v) is 10.7. The Morgan fingerprint density at radius 2 is 1.44 bits per heavy atom. The zero-order valence-electron chi connectivity index (χ0n) is 22.1. The third-order valence-corrected chi connectivity index (χ3v) is 5.24. The van der Waals surface area contributed by atoms with Crippen molar-refractivity contribution in [3.05, 3.63) is 42.5 Å². The van der Waals surface area contributed by atoms with Gasteiger partial charge in [0.2, 0.25) is 0 Å². The lowest BCUT2D eigenvalue weighted by Crippen LogP contribution is -2.50. The van der Waals surface area contributed by atoms with Crippen LogP contribution in [-0.4, -0.2) is 60.9 Å². The van der Waals surface area contributed by atoms with E-state index in [4.69, 9.17) is 19.9 Å². The second-order valence-electron chi connectivity index (χ2n) is 10.7. The Morgan fingerprint density at radius 1 is 0.861 bits per heavy atom. The van der Waals surface area contributed by atoms with E-state index in [9.17, 15) is 9.59 Å². The van der Waals surface area contributed by atoms with Crippen molar-refractivity contribution in [1.82, 2.24) is 4.90 Å². The fourth-order valence-corrected chi connectivity index (χ4v) is 3.63. The predicted octanol–water partition coefficient (Wildman–Crippen LogP) is 4.87. The largest absolute Gasteiger partial charge is 0.459 e. The number of anilines is 3. The number of amides is 1. The van der Waals surface area contributed by atoms with Crippen molar-refractivity contribution in [3.8, 4) is 11.5 Å². The Bertz CT molecular complexity index is 1050. The summed E-state index contributed by atoms with van der Waals surface area (Å²) in [6.45, 7) is 13.8. The van der Waals surface area contributed by atoms with Crippen LogP contribution in [0.4, 0.5) is 21.9 Å². The summed E-state index contributed by atoms with van der Waals surface area (Å²) >= 11 is 0. The third-order valence-electron chi connectivity index (χ3n) is 5.24. The van der Waals surface area contributed by atoms with Crippen LogP contribution >= 0.6 is 0 Å². The molecule has 3 rings (SSSR count). The van der Waals surface area contributed by atoms with Gasteiger partial charge in [-0.2, -0.15) is 0 Å². The number of nitrogen functional groups attached to an aromatic ring is 1. The quantitative estimate of drug-likeness (QED) is 0.429. The average Bonchev–Trinajstić information content (AvgIpc) is 2.78. The van der Waals surface area contributed by atoms with Crippen LogP contribution in [0.25, 0.3) is 0 Å². The van der Waals surface area contributed by atoms with Gasteiger partial charge in [0.25, 0.3) is 0 Å². The molecular formula is C27H38N4O5. The molecule has 0 radical (unpaired) electrons. The van der Waals surface area contributed by atoms with E-state index < -0.39 is 11.2 Å². The Balaban J connectivity index is 1.54. The van der Waals surface area contributed by atoms with Crippen molar-refractivity contribution >= 4 is 29.1 Å². The highest BCUT2D eigenvalue weighted by molar-refractivity contribution is 5.78. The van der Waals surface area contributed by atoms with E-state index in [2.05, 4.69) is 10.2 Å². The molecule has 196 valence electrons. The van der Waals surface area contributed by atoms with Crippen molar-refractivity contribution in [1.29, 1.82) is 0 Å². The van der Waals surface area contributed by atoms with Gasteiger partial charge in [-0.1, -0.05) is 0 Å². The molecule has 0 saturated carbocycles. The minimum Gasteiger partial charge on any atom is -0.459 e. The molecule has 1 heterocycles. The van der Waals surface area contributed by atoms with E-state index in [-0.39, 0.29) is 18.6 Å². The molecule has 1 aliphatic heterocycles. The first kappa shape index (κ1) is 27.0. The number of nitrogens with two attached hydrogens (primary N) is 1. The van der Waals surface area contributed by atoms with Crippen LogP contribution in [0.1, 0.15) is 41.5 Å². The van der Waals surface area contributed by atoms with Gasteiger partial charge in [0.05, 0.1) is 11.4 Å². The van der Waals surface area contributed by atoms with E-state index in [1.165, 1.54) is 0 Å².